The molecule has 0 aliphatic carbocycles. The van der Waals surface area contributed by atoms with Crippen molar-refractivity contribution in [2.24, 2.45) is 0 Å². The third-order valence-electron chi connectivity index (χ3n) is 3.30. The van der Waals surface area contributed by atoms with Gasteiger partial charge in [-0.2, -0.15) is 0 Å². The van der Waals surface area contributed by atoms with Crippen molar-refractivity contribution in [3.05, 3.63) is 62.0 Å². The van der Waals surface area contributed by atoms with Crippen LogP contribution < -0.4 is 5.56 Å². The van der Waals surface area contributed by atoms with Crippen LogP contribution in [0, 0.1) is 11.7 Å². The summed E-state index contributed by atoms with van der Waals surface area (Å²) in [5, 5.41) is 1.90. The third kappa shape index (κ3) is 2.46. The van der Waals surface area contributed by atoms with Gasteiger partial charge in [-0.05, 0) is 42.6 Å². The number of benzene rings is 1. The summed E-state index contributed by atoms with van der Waals surface area (Å²) in [5.74, 6) is 0. The largest absolute Gasteiger partial charge is 0.331 e. The van der Waals surface area contributed by atoms with Gasteiger partial charge in [0.25, 0.3) is 5.56 Å². The second kappa shape index (κ2) is 5.34. The molecule has 1 N–H and O–H groups in total. The number of aryl methyl sites for hydroxylation is 2. The smallest absolute Gasteiger partial charge is 0.272 e. The lowest BCUT2D eigenvalue weighted by Gasteiger charge is -2.07. The lowest BCUT2D eigenvalue weighted by molar-refractivity contribution is 0.653. The lowest BCUT2D eigenvalue weighted by atomic mass is 10.1. The number of nitrogens with one attached hydrogen (secondary N) is 1. The predicted octanol–water partition coefficient (Wildman–Crippen LogP) is 3.67. The van der Waals surface area contributed by atoms with Crippen LogP contribution in [0.1, 0.15) is 11.1 Å². The minimum absolute atomic E-state index is 0.00593. The van der Waals surface area contributed by atoms with Gasteiger partial charge in [-0.25, -0.2) is 0 Å². The number of rotatable bonds is 3. The number of aromatic amines is 1. The van der Waals surface area contributed by atoms with Gasteiger partial charge in [0.15, 0.2) is 4.77 Å². The zero-order valence-corrected chi connectivity index (χ0v) is 12.7. The minimum Gasteiger partial charge on any atom is -0.331 e. The molecular weight excluding hydrogens is 288 g/mol. The van der Waals surface area contributed by atoms with Gasteiger partial charge in [-0.1, -0.05) is 29.8 Å². The van der Waals surface area contributed by atoms with Crippen molar-refractivity contribution < 1.29 is 0 Å². The summed E-state index contributed by atoms with van der Waals surface area (Å²) >= 11 is 6.74. The van der Waals surface area contributed by atoms with E-state index in [9.17, 15) is 4.79 Å². The Kier molecular flexibility index (Phi) is 3.54. The Bertz CT molecular complexity index is 873. The highest BCUT2D eigenvalue weighted by Gasteiger charge is 2.06. The highest BCUT2D eigenvalue weighted by Crippen LogP contribution is 2.14. The summed E-state index contributed by atoms with van der Waals surface area (Å²) in [4.78, 5) is 15.5. The van der Waals surface area contributed by atoms with E-state index in [4.69, 9.17) is 12.2 Å². The van der Waals surface area contributed by atoms with Gasteiger partial charge in [0.1, 0.15) is 4.70 Å². The van der Waals surface area contributed by atoms with E-state index in [-0.39, 0.29) is 5.56 Å². The molecule has 0 amide bonds. The van der Waals surface area contributed by atoms with Crippen LogP contribution in [0.2, 0.25) is 0 Å². The van der Waals surface area contributed by atoms with Crippen LogP contribution in [0.25, 0.3) is 10.2 Å². The number of thiophene rings is 1. The van der Waals surface area contributed by atoms with E-state index in [1.54, 1.807) is 4.57 Å². The second-order valence-electron chi connectivity index (χ2n) is 4.79. The molecule has 0 spiro atoms. The van der Waals surface area contributed by atoms with Crippen LogP contribution in [-0.2, 0) is 13.0 Å². The van der Waals surface area contributed by atoms with Gasteiger partial charge in [0.05, 0.1) is 5.52 Å². The van der Waals surface area contributed by atoms with Crippen molar-refractivity contribution >= 4 is 33.8 Å². The Morgan fingerprint density at radius 2 is 2.20 bits per heavy atom. The van der Waals surface area contributed by atoms with Crippen LogP contribution in [0.15, 0.2) is 40.5 Å². The molecule has 0 saturated heterocycles. The Balaban J connectivity index is 1.95. The molecule has 0 bridgehead atoms. The van der Waals surface area contributed by atoms with Gasteiger partial charge in [-0.3, -0.25) is 9.36 Å². The third-order valence-corrected chi connectivity index (χ3v) is 4.52. The Hall–Kier alpha value is -1.72. The normalized spacial score (nSPS) is 11.1. The van der Waals surface area contributed by atoms with Crippen molar-refractivity contribution in [1.82, 2.24) is 9.55 Å². The molecule has 0 saturated carbocycles. The lowest BCUT2D eigenvalue weighted by Crippen LogP contribution is -2.22. The molecule has 0 fully saturated rings. The highest BCUT2D eigenvalue weighted by atomic mass is 32.1. The van der Waals surface area contributed by atoms with Gasteiger partial charge in [-0.15, -0.1) is 11.3 Å². The Morgan fingerprint density at radius 3 is 3.00 bits per heavy atom. The average molecular weight is 302 g/mol. The number of hydrogen-bond acceptors (Lipinski definition) is 3. The van der Waals surface area contributed by atoms with E-state index in [0.29, 0.717) is 11.3 Å². The van der Waals surface area contributed by atoms with E-state index in [2.05, 4.69) is 30.1 Å². The maximum absolute atomic E-state index is 12.4. The predicted molar refractivity (Wildman–Crippen MR) is 86.2 cm³/mol. The molecule has 3 nitrogen and oxygen atoms in total. The summed E-state index contributed by atoms with van der Waals surface area (Å²) in [6.45, 7) is 2.67. The summed E-state index contributed by atoms with van der Waals surface area (Å²) in [5.41, 5.74) is 3.29. The molecule has 2 aromatic heterocycles. The highest BCUT2D eigenvalue weighted by molar-refractivity contribution is 7.71. The van der Waals surface area contributed by atoms with E-state index < -0.39 is 0 Å². The zero-order valence-electron chi connectivity index (χ0n) is 11.1. The molecule has 0 aliphatic rings. The Labute approximate surface area is 125 Å². The Morgan fingerprint density at radius 1 is 1.35 bits per heavy atom. The molecular formula is C15H14N2OS2. The van der Waals surface area contributed by atoms with Crippen LogP contribution in [0.4, 0.5) is 0 Å². The van der Waals surface area contributed by atoms with Crippen molar-refractivity contribution in [1.29, 1.82) is 0 Å². The molecule has 102 valence electrons. The molecule has 0 unspecified atom stereocenters. The fraction of sp³-hybridized carbons (Fsp3) is 0.200. The number of fused-ring (bicyclic) bond motifs is 1. The molecule has 20 heavy (non-hydrogen) atoms. The van der Waals surface area contributed by atoms with Crippen LogP contribution >= 0.6 is 23.6 Å². The maximum Gasteiger partial charge on any atom is 0.272 e. The number of aromatic nitrogens is 2. The van der Waals surface area contributed by atoms with E-state index >= 15 is 0 Å². The van der Waals surface area contributed by atoms with Crippen molar-refractivity contribution in [2.45, 2.75) is 19.9 Å². The van der Waals surface area contributed by atoms with E-state index in [1.807, 2.05) is 17.5 Å². The average Bonchev–Trinajstić information content (AvgIpc) is 2.87. The van der Waals surface area contributed by atoms with E-state index in [1.165, 1.54) is 22.5 Å². The number of H-pyrrole nitrogens is 1. The van der Waals surface area contributed by atoms with Gasteiger partial charge >= 0.3 is 0 Å². The molecule has 5 heteroatoms. The first-order valence-electron chi connectivity index (χ1n) is 6.41. The first kappa shape index (κ1) is 13.3. The molecule has 2 heterocycles. The van der Waals surface area contributed by atoms with Crippen molar-refractivity contribution in [2.75, 3.05) is 0 Å². The molecule has 0 atom stereocenters. The molecule has 1 aromatic carbocycles. The quantitative estimate of drug-likeness (QED) is 0.750. The first-order chi connectivity index (χ1) is 9.65. The van der Waals surface area contributed by atoms with E-state index in [0.717, 1.165) is 16.6 Å². The molecule has 0 aliphatic heterocycles. The summed E-state index contributed by atoms with van der Waals surface area (Å²) in [6.07, 6.45) is 0.802. The monoisotopic (exact) mass is 302 g/mol. The van der Waals surface area contributed by atoms with Crippen LogP contribution in [-0.4, -0.2) is 9.55 Å². The SMILES string of the molecule is Cc1cccc(CCn2c(=S)[nH]c3ccsc3c2=O)c1. The topological polar surface area (TPSA) is 37.8 Å². The van der Waals surface area contributed by atoms with Gasteiger partial charge in [0, 0.05) is 6.54 Å². The number of hydrogen-bond donors (Lipinski definition) is 1. The van der Waals surface area contributed by atoms with Gasteiger partial charge < -0.3 is 4.98 Å². The molecule has 0 radical (unpaired) electrons. The molecule has 3 aromatic rings. The standard InChI is InChI=1S/C15H14N2OS2/c1-10-3-2-4-11(9-10)5-7-17-14(18)13-12(6-8-20-13)16-15(17)19/h2-4,6,8-9H,5,7H2,1H3,(H,16,19). The molecule has 3 rings (SSSR count). The fourth-order valence-corrected chi connectivity index (χ4v) is 3.36. The van der Waals surface area contributed by atoms with Crippen LogP contribution in [0.5, 0.6) is 0 Å². The number of nitrogens with zero attached hydrogens (tertiary/aromatic N) is 1. The summed E-state index contributed by atoms with van der Waals surface area (Å²) < 4.78 is 2.88. The van der Waals surface area contributed by atoms with Crippen molar-refractivity contribution in [3.8, 4) is 0 Å². The zero-order chi connectivity index (χ0) is 14.1. The summed E-state index contributed by atoms with van der Waals surface area (Å²) in [7, 11) is 0. The summed E-state index contributed by atoms with van der Waals surface area (Å²) in [6, 6.07) is 10.2. The maximum atomic E-state index is 12.4. The first-order valence-corrected chi connectivity index (χ1v) is 7.70. The second-order valence-corrected chi connectivity index (χ2v) is 6.09. The van der Waals surface area contributed by atoms with Crippen LogP contribution in [0.3, 0.4) is 0 Å². The van der Waals surface area contributed by atoms with Crippen molar-refractivity contribution in [3.63, 3.8) is 0 Å². The fourth-order valence-electron chi connectivity index (χ4n) is 2.28. The minimum atomic E-state index is 0.00593. The van der Waals surface area contributed by atoms with Gasteiger partial charge in [0.2, 0.25) is 0 Å².